The first-order chi connectivity index (χ1) is 10.2. The lowest BCUT2D eigenvalue weighted by molar-refractivity contribution is -0.138. The molecule has 1 atom stereocenters. The van der Waals surface area contributed by atoms with Crippen LogP contribution in [0.1, 0.15) is 6.92 Å². The Balaban J connectivity index is 1.66. The lowest BCUT2D eigenvalue weighted by atomic mass is 10.2. The molecular weight excluding hydrogens is 266 g/mol. The molecule has 1 fully saturated rings. The molecule has 0 unspecified atom stereocenters. The van der Waals surface area contributed by atoms with E-state index in [1.165, 1.54) is 0 Å². The minimum Gasteiger partial charge on any atom is -0.375 e. The van der Waals surface area contributed by atoms with Crippen molar-refractivity contribution >= 4 is 5.91 Å². The van der Waals surface area contributed by atoms with Crippen LogP contribution in [0, 0.1) is 0 Å². The Morgan fingerprint density at radius 2 is 2.14 bits per heavy atom. The monoisotopic (exact) mass is 285 g/mol. The Kier molecular flexibility index (Phi) is 4.01. The Bertz CT molecular complexity index is 609. The van der Waals surface area contributed by atoms with Crippen molar-refractivity contribution in [2.75, 3.05) is 19.7 Å². The van der Waals surface area contributed by atoms with Crippen LogP contribution in [0.2, 0.25) is 0 Å². The third-order valence-corrected chi connectivity index (χ3v) is 3.60. The van der Waals surface area contributed by atoms with Gasteiger partial charge in [-0.2, -0.15) is 5.10 Å². The first-order valence-electron chi connectivity index (χ1n) is 7.20. The second-order valence-corrected chi connectivity index (χ2v) is 5.29. The van der Waals surface area contributed by atoms with Crippen molar-refractivity contribution < 1.29 is 9.53 Å². The zero-order chi connectivity index (χ0) is 14.7. The number of aromatic nitrogens is 2. The van der Waals surface area contributed by atoms with Crippen LogP contribution in [0.25, 0.3) is 11.3 Å². The topological polar surface area (TPSA) is 47.4 Å². The molecule has 1 aromatic carbocycles. The number of amides is 1. The van der Waals surface area contributed by atoms with Gasteiger partial charge in [-0.1, -0.05) is 30.3 Å². The van der Waals surface area contributed by atoms with Gasteiger partial charge in [-0.3, -0.25) is 9.48 Å². The van der Waals surface area contributed by atoms with E-state index < -0.39 is 0 Å². The number of carbonyl (C=O) groups excluding carboxylic acids is 1. The van der Waals surface area contributed by atoms with Gasteiger partial charge in [0.15, 0.2) is 0 Å². The van der Waals surface area contributed by atoms with E-state index in [0.717, 1.165) is 11.3 Å². The number of hydrogen-bond acceptors (Lipinski definition) is 3. The van der Waals surface area contributed by atoms with Crippen LogP contribution < -0.4 is 0 Å². The molecule has 0 aliphatic carbocycles. The fraction of sp³-hybridized carbons (Fsp3) is 0.375. The maximum absolute atomic E-state index is 12.3. The molecule has 1 aromatic heterocycles. The first-order valence-corrected chi connectivity index (χ1v) is 7.20. The summed E-state index contributed by atoms with van der Waals surface area (Å²) in [6.45, 7) is 4.20. The molecule has 3 rings (SSSR count). The normalized spacial score (nSPS) is 18.7. The van der Waals surface area contributed by atoms with E-state index in [4.69, 9.17) is 4.74 Å². The lowest BCUT2D eigenvalue weighted by Crippen LogP contribution is -2.45. The molecule has 1 aliphatic heterocycles. The minimum absolute atomic E-state index is 0.0906. The number of morpholine rings is 1. The molecule has 0 bridgehead atoms. The van der Waals surface area contributed by atoms with Gasteiger partial charge < -0.3 is 9.64 Å². The van der Waals surface area contributed by atoms with Gasteiger partial charge in [0.2, 0.25) is 5.91 Å². The number of nitrogens with zero attached hydrogens (tertiary/aromatic N) is 3. The van der Waals surface area contributed by atoms with Crippen LogP contribution in [-0.2, 0) is 16.1 Å². The summed E-state index contributed by atoms with van der Waals surface area (Å²) in [6, 6.07) is 11.9. The summed E-state index contributed by atoms with van der Waals surface area (Å²) in [4.78, 5) is 14.1. The van der Waals surface area contributed by atoms with Gasteiger partial charge in [0, 0.05) is 24.8 Å². The summed E-state index contributed by atoms with van der Waals surface area (Å²) in [7, 11) is 0. The van der Waals surface area contributed by atoms with Gasteiger partial charge in [0.25, 0.3) is 0 Å². The molecule has 110 valence electrons. The average molecular weight is 285 g/mol. The molecule has 0 spiro atoms. The number of hydrogen-bond donors (Lipinski definition) is 0. The van der Waals surface area contributed by atoms with E-state index in [2.05, 4.69) is 5.10 Å². The van der Waals surface area contributed by atoms with Crippen molar-refractivity contribution in [3.05, 3.63) is 42.6 Å². The van der Waals surface area contributed by atoms with Crippen molar-refractivity contribution in [2.45, 2.75) is 19.6 Å². The first kappa shape index (κ1) is 13.8. The van der Waals surface area contributed by atoms with E-state index in [1.54, 1.807) is 4.68 Å². The second-order valence-electron chi connectivity index (χ2n) is 5.29. The molecule has 1 saturated heterocycles. The van der Waals surface area contributed by atoms with E-state index in [0.29, 0.717) is 19.7 Å². The van der Waals surface area contributed by atoms with Crippen molar-refractivity contribution in [3.63, 3.8) is 0 Å². The molecule has 2 aromatic rings. The highest BCUT2D eigenvalue weighted by atomic mass is 16.5. The van der Waals surface area contributed by atoms with Crippen molar-refractivity contribution in [2.24, 2.45) is 0 Å². The van der Waals surface area contributed by atoms with Crippen LogP contribution in [-0.4, -0.2) is 46.4 Å². The average Bonchev–Trinajstić information content (AvgIpc) is 2.97. The van der Waals surface area contributed by atoms with E-state index >= 15 is 0 Å². The highest BCUT2D eigenvalue weighted by Crippen LogP contribution is 2.16. The summed E-state index contributed by atoms with van der Waals surface area (Å²) >= 11 is 0. The number of benzene rings is 1. The maximum Gasteiger partial charge on any atom is 0.244 e. The molecule has 21 heavy (non-hydrogen) atoms. The van der Waals surface area contributed by atoms with Gasteiger partial charge in [0.1, 0.15) is 6.54 Å². The standard InChI is InChI=1S/C16H19N3O2/c1-13-11-18(9-10-21-13)16(20)12-19-8-7-15(17-19)14-5-3-2-4-6-14/h2-8,13H,9-12H2,1H3/t13-/m1/s1. The van der Waals surface area contributed by atoms with Gasteiger partial charge in [0.05, 0.1) is 18.4 Å². The summed E-state index contributed by atoms with van der Waals surface area (Å²) < 4.78 is 7.15. The fourth-order valence-corrected chi connectivity index (χ4v) is 2.50. The molecule has 5 nitrogen and oxygen atoms in total. The Hall–Kier alpha value is -2.14. The van der Waals surface area contributed by atoms with E-state index in [-0.39, 0.29) is 18.6 Å². The lowest BCUT2D eigenvalue weighted by Gasteiger charge is -2.31. The Morgan fingerprint density at radius 1 is 1.33 bits per heavy atom. The summed E-state index contributed by atoms with van der Waals surface area (Å²) in [5.74, 6) is 0.0906. The van der Waals surface area contributed by atoms with Gasteiger partial charge >= 0.3 is 0 Å². The number of ether oxygens (including phenoxy) is 1. The predicted molar refractivity (Wildman–Crippen MR) is 79.7 cm³/mol. The summed E-state index contributed by atoms with van der Waals surface area (Å²) in [5, 5.41) is 4.47. The highest BCUT2D eigenvalue weighted by Gasteiger charge is 2.21. The predicted octanol–water partition coefficient (Wildman–Crippen LogP) is 1.80. The second kappa shape index (κ2) is 6.10. The third kappa shape index (κ3) is 3.31. The highest BCUT2D eigenvalue weighted by molar-refractivity contribution is 5.76. The molecule has 1 aliphatic rings. The zero-order valence-electron chi connectivity index (χ0n) is 12.1. The van der Waals surface area contributed by atoms with Crippen LogP contribution in [0.3, 0.4) is 0 Å². The van der Waals surface area contributed by atoms with Crippen molar-refractivity contribution in [3.8, 4) is 11.3 Å². The maximum atomic E-state index is 12.3. The summed E-state index contributed by atoms with van der Waals surface area (Å²) in [6.07, 6.45) is 1.96. The molecule has 5 heteroatoms. The zero-order valence-corrected chi connectivity index (χ0v) is 12.1. The molecule has 0 N–H and O–H groups in total. The van der Waals surface area contributed by atoms with Gasteiger partial charge in [-0.25, -0.2) is 0 Å². The Labute approximate surface area is 124 Å². The molecule has 0 radical (unpaired) electrons. The third-order valence-electron chi connectivity index (χ3n) is 3.60. The molecule has 2 heterocycles. The van der Waals surface area contributed by atoms with Crippen LogP contribution in [0.5, 0.6) is 0 Å². The van der Waals surface area contributed by atoms with Crippen molar-refractivity contribution in [1.82, 2.24) is 14.7 Å². The van der Waals surface area contributed by atoms with Gasteiger partial charge in [-0.05, 0) is 13.0 Å². The van der Waals surface area contributed by atoms with Crippen molar-refractivity contribution in [1.29, 1.82) is 0 Å². The fourth-order valence-electron chi connectivity index (χ4n) is 2.50. The quantitative estimate of drug-likeness (QED) is 0.864. The molecular formula is C16H19N3O2. The van der Waals surface area contributed by atoms with Crippen LogP contribution >= 0.6 is 0 Å². The summed E-state index contributed by atoms with van der Waals surface area (Å²) in [5.41, 5.74) is 1.95. The minimum atomic E-state index is 0.0906. The molecule has 1 amide bonds. The smallest absolute Gasteiger partial charge is 0.244 e. The van der Waals surface area contributed by atoms with Gasteiger partial charge in [-0.15, -0.1) is 0 Å². The van der Waals surface area contributed by atoms with E-state index in [9.17, 15) is 4.79 Å². The Morgan fingerprint density at radius 3 is 2.90 bits per heavy atom. The van der Waals surface area contributed by atoms with Crippen LogP contribution in [0.4, 0.5) is 0 Å². The largest absolute Gasteiger partial charge is 0.375 e. The van der Waals surface area contributed by atoms with E-state index in [1.807, 2.05) is 54.4 Å². The number of rotatable bonds is 3. The molecule has 0 saturated carbocycles. The number of carbonyl (C=O) groups is 1. The van der Waals surface area contributed by atoms with Crippen LogP contribution in [0.15, 0.2) is 42.6 Å². The SMILES string of the molecule is C[C@@H]1CN(C(=O)Cn2ccc(-c3ccccc3)n2)CCO1.